The molecule has 32 heavy (non-hydrogen) atoms. The van der Waals surface area contributed by atoms with Crippen LogP contribution in [0.2, 0.25) is 0 Å². The first-order valence-electron chi connectivity index (χ1n) is 10.4. The van der Waals surface area contributed by atoms with Crippen molar-refractivity contribution in [1.82, 2.24) is 0 Å². The molecule has 0 aliphatic carbocycles. The van der Waals surface area contributed by atoms with Crippen molar-refractivity contribution in [2.45, 2.75) is 25.5 Å². The van der Waals surface area contributed by atoms with E-state index in [1.807, 2.05) is 65.7 Å². The summed E-state index contributed by atoms with van der Waals surface area (Å²) in [6, 6.07) is 26.2. The average molecular weight is 428 g/mol. The Morgan fingerprint density at radius 1 is 0.938 bits per heavy atom. The molecule has 6 nitrogen and oxygen atoms in total. The number of Topliss-reactive ketones (excluding diaryl/α,β-unsaturated/α-hetero) is 1. The normalized spacial score (nSPS) is 16.2. The zero-order valence-electron chi connectivity index (χ0n) is 18.0. The maximum absolute atomic E-state index is 12.9. The van der Waals surface area contributed by atoms with Gasteiger partial charge in [-0.3, -0.25) is 9.80 Å². The number of benzene rings is 3. The van der Waals surface area contributed by atoms with Gasteiger partial charge in [0.2, 0.25) is 5.78 Å². The molecule has 0 saturated carbocycles. The summed E-state index contributed by atoms with van der Waals surface area (Å²) in [7, 11) is 1.56. The van der Waals surface area contributed by atoms with E-state index >= 15 is 0 Å². The van der Waals surface area contributed by atoms with Gasteiger partial charge in [0.1, 0.15) is 11.5 Å². The van der Waals surface area contributed by atoms with Crippen molar-refractivity contribution in [3.8, 4) is 5.75 Å². The predicted octanol–water partition coefficient (Wildman–Crippen LogP) is 4.82. The number of rotatable bonds is 7. The first-order chi connectivity index (χ1) is 15.6. The molecule has 1 heterocycles. The van der Waals surface area contributed by atoms with Crippen LogP contribution in [0.25, 0.3) is 0 Å². The lowest BCUT2D eigenvalue weighted by Crippen LogP contribution is -2.28. The van der Waals surface area contributed by atoms with Crippen LogP contribution in [0.1, 0.15) is 35.3 Å². The minimum Gasteiger partial charge on any atom is -0.497 e. The van der Waals surface area contributed by atoms with Gasteiger partial charge in [-0.15, -0.1) is 0 Å². The molecule has 0 radical (unpaired) electrons. The van der Waals surface area contributed by atoms with Gasteiger partial charge in [0, 0.05) is 12.0 Å². The quantitative estimate of drug-likeness (QED) is 0.399. The molecule has 0 bridgehead atoms. The summed E-state index contributed by atoms with van der Waals surface area (Å²) < 4.78 is 10.6. The van der Waals surface area contributed by atoms with Crippen LogP contribution >= 0.6 is 0 Å². The Morgan fingerprint density at radius 2 is 1.56 bits per heavy atom. The number of ketones is 1. The maximum atomic E-state index is 12.9. The van der Waals surface area contributed by atoms with E-state index in [0.717, 1.165) is 11.3 Å². The van der Waals surface area contributed by atoms with Gasteiger partial charge >= 0.3 is 5.97 Å². The molecule has 162 valence electrons. The van der Waals surface area contributed by atoms with E-state index in [-0.39, 0.29) is 17.5 Å². The number of ether oxygens (including phenoxy) is 2. The molecule has 0 amide bonds. The average Bonchev–Trinajstić information content (AvgIpc) is 3.30. The van der Waals surface area contributed by atoms with Gasteiger partial charge in [0.25, 0.3) is 0 Å². The summed E-state index contributed by atoms with van der Waals surface area (Å²) in [5.41, 5.74) is 2.67. The lowest BCUT2D eigenvalue weighted by Gasteiger charge is -2.23. The Hall–Kier alpha value is -3.93. The number of esters is 1. The van der Waals surface area contributed by atoms with E-state index in [0.29, 0.717) is 17.7 Å². The number of nitrogens with zero attached hydrogens (tertiary/aromatic N) is 2. The highest BCUT2D eigenvalue weighted by molar-refractivity contribution is 6.37. The van der Waals surface area contributed by atoms with E-state index in [4.69, 9.17) is 9.47 Å². The number of para-hydroxylation sites is 1. The third-order valence-corrected chi connectivity index (χ3v) is 5.38. The predicted molar refractivity (Wildman–Crippen MR) is 123 cm³/mol. The third kappa shape index (κ3) is 4.54. The maximum Gasteiger partial charge on any atom is 0.355 e. The second-order valence-corrected chi connectivity index (χ2v) is 7.50. The summed E-state index contributed by atoms with van der Waals surface area (Å²) in [4.78, 5) is 25.6. The van der Waals surface area contributed by atoms with Crippen molar-refractivity contribution < 1.29 is 19.1 Å². The molecular formula is C26H24N2O4. The van der Waals surface area contributed by atoms with Gasteiger partial charge in [0.15, 0.2) is 6.10 Å². The van der Waals surface area contributed by atoms with Gasteiger partial charge in [-0.1, -0.05) is 48.5 Å². The highest BCUT2D eigenvalue weighted by Gasteiger charge is 2.34. The van der Waals surface area contributed by atoms with Gasteiger partial charge < -0.3 is 9.47 Å². The van der Waals surface area contributed by atoms with Crippen molar-refractivity contribution in [1.29, 1.82) is 0 Å². The summed E-state index contributed by atoms with van der Waals surface area (Å²) in [6.07, 6.45) is -0.541. The molecule has 6 heteroatoms. The molecule has 0 N–H and O–H groups in total. The van der Waals surface area contributed by atoms with Crippen LogP contribution in [0.5, 0.6) is 5.75 Å². The summed E-state index contributed by atoms with van der Waals surface area (Å²) in [5, 5.41) is 6.41. The second-order valence-electron chi connectivity index (χ2n) is 7.50. The van der Waals surface area contributed by atoms with Gasteiger partial charge in [-0.2, -0.15) is 5.10 Å². The van der Waals surface area contributed by atoms with Crippen LogP contribution in [-0.2, 0) is 9.53 Å². The molecular weight excluding hydrogens is 404 g/mol. The number of anilines is 1. The number of hydrogen-bond donors (Lipinski definition) is 0. The Balaban J connectivity index is 1.51. The fraction of sp³-hybridized carbons (Fsp3) is 0.192. The number of methoxy groups -OCH3 is 1. The molecule has 3 aromatic carbocycles. The molecule has 0 fully saturated rings. The molecule has 2 unspecified atom stereocenters. The molecule has 0 saturated heterocycles. The largest absolute Gasteiger partial charge is 0.497 e. The standard InChI is InChI=1S/C26H24N2O4/c1-18(25(29)20-13-15-22(31-2)16-14-20)32-26(30)23-17-24(19-9-5-3-6-10-19)28(27-23)21-11-7-4-8-12-21/h3-16,18,24H,17H2,1-2H3. The van der Waals surface area contributed by atoms with Crippen LogP contribution in [-0.4, -0.2) is 30.7 Å². The van der Waals surface area contributed by atoms with Crippen LogP contribution < -0.4 is 9.75 Å². The number of hydrazone groups is 1. The fourth-order valence-corrected chi connectivity index (χ4v) is 3.66. The topological polar surface area (TPSA) is 68.2 Å². The fourth-order valence-electron chi connectivity index (χ4n) is 3.66. The SMILES string of the molecule is COc1ccc(C(=O)C(C)OC(=O)C2=NN(c3ccccc3)C(c3ccccc3)C2)cc1. The van der Waals surface area contributed by atoms with Gasteiger partial charge in [-0.25, -0.2) is 4.79 Å². The first kappa shape index (κ1) is 21.3. The lowest BCUT2D eigenvalue weighted by atomic mass is 10.0. The smallest absolute Gasteiger partial charge is 0.355 e. The number of carbonyl (C=O) groups excluding carboxylic acids is 2. The number of carbonyl (C=O) groups is 2. The van der Waals surface area contributed by atoms with Crippen molar-refractivity contribution in [3.05, 3.63) is 96.1 Å². The van der Waals surface area contributed by atoms with Crippen LogP contribution in [0, 0.1) is 0 Å². The molecule has 1 aliphatic rings. The second kappa shape index (κ2) is 9.47. The third-order valence-electron chi connectivity index (χ3n) is 5.38. The Labute approximate surface area is 187 Å². The van der Waals surface area contributed by atoms with Crippen molar-refractivity contribution in [2.24, 2.45) is 5.10 Å². The Kier molecular flexibility index (Phi) is 6.31. The highest BCUT2D eigenvalue weighted by atomic mass is 16.5. The van der Waals surface area contributed by atoms with E-state index in [1.165, 1.54) is 0 Å². The lowest BCUT2D eigenvalue weighted by molar-refractivity contribution is -0.138. The van der Waals surface area contributed by atoms with Crippen LogP contribution in [0.15, 0.2) is 90.0 Å². The zero-order valence-corrected chi connectivity index (χ0v) is 18.0. The van der Waals surface area contributed by atoms with E-state index in [1.54, 1.807) is 38.3 Å². The molecule has 0 aromatic heterocycles. The minimum atomic E-state index is -0.931. The van der Waals surface area contributed by atoms with Crippen LogP contribution in [0.4, 0.5) is 5.69 Å². The molecule has 1 aliphatic heterocycles. The zero-order chi connectivity index (χ0) is 22.5. The monoisotopic (exact) mass is 428 g/mol. The van der Waals surface area contributed by atoms with Gasteiger partial charge in [-0.05, 0) is 48.9 Å². The highest BCUT2D eigenvalue weighted by Crippen LogP contribution is 2.35. The molecule has 2 atom stereocenters. The summed E-state index contributed by atoms with van der Waals surface area (Å²) in [5.74, 6) is -0.211. The van der Waals surface area contributed by atoms with Crippen molar-refractivity contribution in [2.75, 3.05) is 12.1 Å². The molecule has 4 rings (SSSR count). The Morgan fingerprint density at radius 3 is 2.19 bits per heavy atom. The van der Waals surface area contributed by atoms with Gasteiger partial charge in [0.05, 0.1) is 18.8 Å². The molecule has 0 spiro atoms. The van der Waals surface area contributed by atoms with Crippen molar-refractivity contribution in [3.63, 3.8) is 0 Å². The van der Waals surface area contributed by atoms with Crippen LogP contribution in [0.3, 0.4) is 0 Å². The minimum absolute atomic E-state index is 0.131. The first-order valence-corrected chi connectivity index (χ1v) is 10.4. The van der Waals surface area contributed by atoms with E-state index in [9.17, 15) is 9.59 Å². The summed E-state index contributed by atoms with van der Waals surface area (Å²) >= 11 is 0. The van der Waals surface area contributed by atoms with E-state index < -0.39 is 12.1 Å². The Bertz CT molecular complexity index is 1110. The van der Waals surface area contributed by atoms with E-state index in [2.05, 4.69) is 5.10 Å². The van der Waals surface area contributed by atoms with Crippen molar-refractivity contribution >= 4 is 23.2 Å². The number of hydrogen-bond acceptors (Lipinski definition) is 6. The summed E-state index contributed by atoms with van der Waals surface area (Å²) in [6.45, 7) is 1.57. The molecule has 3 aromatic rings.